The third-order valence-electron chi connectivity index (χ3n) is 3.54. The highest BCUT2D eigenvalue weighted by Crippen LogP contribution is 2.28. The molecule has 0 aliphatic heterocycles. The number of hydrogen-bond acceptors (Lipinski definition) is 2. The van der Waals surface area contributed by atoms with Gasteiger partial charge in [0.1, 0.15) is 5.69 Å². The zero-order chi connectivity index (χ0) is 16.2. The largest absolute Gasteiger partial charge is 0.461 e. The molecule has 1 heterocycles. The maximum absolute atomic E-state index is 12.5. The Morgan fingerprint density at radius 2 is 1.74 bits per heavy atom. The number of carbonyl (C=O) groups excluding carboxylic acids is 1. The van der Waals surface area contributed by atoms with E-state index in [1.807, 2.05) is 59.3 Å². The van der Waals surface area contributed by atoms with Crippen LogP contribution >= 0.6 is 11.6 Å². The van der Waals surface area contributed by atoms with E-state index in [9.17, 15) is 4.79 Å². The van der Waals surface area contributed by atoms with Gasteiger partial charge in [0.25, 0.3) is 0 Å². The van der Waals surface area contributed by atoms with E-state index in [4.69, 9.17) is 16.3 Å². The van der Waals surface area contributed by atoms with Gasteiger partial charge in [-0.05, 0) is 42.8 Å². The molecule has 116 valence electrons. The van der Waals surface area contributed by atoms with Crippen LogP contribution in [0.5, 0.6) is 0 Å². The maximum Gasteiger partial charge on any atom is 0.355 e. The van der Waals surface area contributed by atoms with Crippen molar-refractivity contribution in [3.8, 4) is 16.8 Å². The SMILES string of the molecule is CCOC(=O)c1c(-c2ccccc2)ccn1-c1ccc(Cl)cc1. The molecular weight excluding hydrogens is 310 g/mol. The smallest absolute Gasteiger partial charge is 0.355 e. The van der Waals surface area contributed by atoms with Gasteiger partial charge in [-0.15, -0.1) is 0 Å². The lowest BCUT2D eigenvalue weighted by atomic mass is 10.1. The molecule has 0 atom stereocenters. The number of nitrogens with zero attached hydrogens (tertiary/aromatic N) is 1. The van der Waals surface area contributed by atoms with Crippen molar-refractivity contribution in [3.05, 3.63) is 77.6 Å². The van der Waals surface area contributed by atoms with E-state index in [1.165, 1.54) is 0 Å². The summed E-state index contributed by atoms with van der Waals surface area (Å²) in [5.41, 5.74) is 3.20. The van der Waals surface area contributed by atoms with Gasteiger partial charge in [0.15, 0.2) is 0 Å². The van der Waals surface area contributed by atoms with Gasteiger partial charge in [0.2, 0.25) is 0 Å². The molecule has 0 unspecified atom stereocenters. The second-order valence-corrected chi connectivity index (χ2v) is 5.45. The molecule has 2 aromatic carbocycles. The monoisotopic (exact) mass is 325 g/mol. The van der Waals surface area contributed by atoms with Crippen molar-refractivity contribution >= 4 is 17.6 Å². The summed E-state index contributed by atoms with van der Waals surface area (Å²) in [5, 5.41) is 0.655. The minimum atomic E-state index is -0.341. The predicted molar refractivity (Wildman–Crippen MR) is 92.2 cm³/mol. The molecule has 0 saturated carbocycles. The van der Waals surface area contributed by atoms with Crippen LogP contribution in [-0.4, -0.2) is 17.1 Å². The Morgan fingerprint density at radius 1 is 1.04 bits per heavy atom. The molecule has 0 aliphatic rings. The Bertz CT molecular complexity index is 807. The van der Waals surface area contributed by atoms with Crippen molar-refractivity contribution in [2.75, 3.05) is 6.61 Å². The van der Waals surface area contributed by atoms with Crippen molar-refractivity contribution in [1.29, 1.82) is 0 Å². The van der Waals surface area contributed by atoms with Gasteiger partial charge in [-0.1, -0.05) is 41.9 Å². The molecule has 0 amide bonds. The number of rotatable bonds is 4. The van der Waals surface area contributed by atoms with Gasteiger partial charge in [-0.2, -0.15) is 0 Å². The lowest BCUT2D eigenvalue weighted by Gasteiger charge is -2.11. The van der Waals surface area contributed by atoms with E-state index in [1.54, 1.807) is 19.1 Å². The summed E-state index contributed by atoms with van der Waals surface area (Å²) in [5.74, 6) is -0.341. The lowest BCUT2D eigenvalue weighted by Crippen LogP contribution is -2.12. The van der Waals surface area contributed by atoms with Gasteiger partial charge in [0, 0.05) is 22.5 Å². The first kappa shape index (κ1) is 15.4. The predicted octanol–water partition coefficient (Wildman–Crippen LogP) is 4.97. The molecule has 3 aromatic rings. The van der Waals surface area contributed by atoms with Gasteiger partial charge < -0.3 is 9.30 Å². The maximum atomic E-state index is 12.5. The zero-order valence-corrected chi connectivity index (χ0v) is 13.5. The average molecular weight is 326 g/mol. The molecule has 4 heteroatoms. The van der Waals surface area contributed by atoms with Crippen LogP contribution in [-0.2, 0) is 4.74 Å². The van der Waals surface area contributed by atoms with Crippen LogP contribution in [0.3, 0.4) is 0 Å². The number of hydrogen-bond donors (Lipinski definition) is 0. The first-order valence-electron chi connectivity index (χ1n) is 7.40. The molecule has 0 fully saturated rings. The summed E-state index contributed by atoms with van der Waals surface area (Å²) < 4.78 is 7.08. The summed E-state index contributed by atoms with van der Waals surface area (Å²) in [6.07, 6.45) is 1.87. The highest BCUT2D eigenvalue weighted by atomic mass is 35.5. The summed E-state index contributed by atoms with van der Waals surface area (Å²) in [7, 11) is 0. The number of benzene rings is 2. The van der Waals surface area contributed by atoms with Crippen molar-refractivity contribution in [3.63, 3.8) is 0 Å². The van der Waals surface area contributed by atoms with E-state index < -0.39 is 0 Å². The molecule has 0 aliphatic carbocycles. The molecule has 3 nitrogen and oxygen atoms in total. The van der Waals surface area contributed by atoms with Crippen molar-refractivity contribution in [2.24, 2.45) is 0 Å². The van der Waals surface area contributed by atoms with Crippen LogP contribution in [0, 0.1) is 0 Å². The van der Waals surface area contributed by atoms with E-state index in [0.717, 1.165) is 16.8 Å². The molecule has 3 rings (SSSR count). The zero-order valence-electron chi connectivity index (χ0n) is 12.7. The van der Waals surface area contributed by atoms with Gasteiger partial charge in [-0.3, -0.25) is 0 Å². The van der Waals surface area contributed by atoms with Crippen LogP contribution in [0.4, 0.5) is 0 Å². The normalized spacial score (nSPS) is 10.5. The van der Waals surface area contributed by atoms with Crippen molar-refractivity contribution in [1.82, 2.24) is 4.57 Å². The molecular formula is C19H16ClNO2. The van der Waals surface area contributed by atoms with Crippen LogP contribution in [0.15, 0.2) is 66.9 Å². The quantitative estimate of drug-likeness (QED) is 0.634. The number of carbonyl (C=O) groups is 1. The first-order chi connectivity index (χ1) is 11.2. The Labute approximate surface area is 140 Å². The molecule has 0 N–H and O–H groups in total. The van der Waals surface area contributed by atoms with Crippen LogP contribution in [0.25, 0.3) is 16.8 Å². The van der Waals surface area contributed by atoms with Crippen LogP contribution in [0.2, 0.25) is 5.02 Å². The highest BCUT2D eigenvalue weighted by Gasteiger charge is 2.20. The number of aromatic nitrogens is 1. The summed E-state index contributed by atoms with van der Waals surface area (Å²) >= 11 is 5.95. The van der Waals surface area contributed by atoms with Crippen molar-refractivity contribution in [2.45, 2.75) is 6.92 Å². The molecule has 1 aromatic heterocycles. The summed E-state index contributed by atoms with van der Waals surface area (Å²) in [6, 6.07) is 19.1. The highest BCUT2D eigenvalue weighted by molar-refractivity contribution is 6.30. The molecule has 0 spiro atoms. The first-order valence-corrected chi connectivity index (χ1v) is 7.78. The Hall–Kier alpha value is -2.52. The minimum absolute atomic E-state index is 0.332. The standard InChI is InChI=1S/C19H16ClNO2/c1-2-23-19(22)18-17(14-6-4-3-5-7-14)12-13-21(18)16-10-8-15(20)9-11-16/h3-13H,2H2,1H3. The third-order valence-corrected chi connectivity index (χ3v) is 3.80. The number of halogens is 1. The second kappa shape index (κ2) is 6.71. The Morgan fingerprint density at radius 3 is 2.39 bits per heavy atom. The van der Waals surface area contributed by atoms with Gasteiger partial charge in [0.05, 0.1) is 6.61 Å². The number of ether oxygens (including phenoxy) is 1. The average Bonchev–Trinajstić information content (AvgIpc) is 3.01. The Balaban J connectivity index is 2.15. The number of esters is 1. The molecule has 0 saturated heterocycles. The van der Waals surface area contributed by atoms with Crippen LogP contribution < -0.4 is 0 Å². The fraction of sp³-hybridized carbons (Fsp3) is 0.105. The molecule has 0 bridgehead atoms. The van der Waals surface area contributed by atoms with E-state index in [-0.39, 0.29) is 5.97 Å². The fourth-order valence-corrected chi connectivity index (χ4v) is 2.63. The van der Waals surface area contributed by atoms with Crippen LogP contribution in [0.1, 0.15) is 17.4 Å². The molecule has 0 radical (unpaired) electrons. The fourth-order valence-electron chi connectivity index (χ4n) is 2.51. The van der Waals surface area contributed by atoms with Gasteiger partial charge >= 0.3 is 5.97 Å². The molecule has 23 heavy (non-hydrogen) atoms. The Kier molecular flexibility index (Phi) is 4.49. The van der Waals surface area contributed by atoms with Crippen molar-refractivity contribution < 1.29 is 9.53 Å². The second-order valence-electron chi connectivity index (χ2n) is 5.01. The van der Waals surface area contributed by atoms with E-state index in [2.05, 4.69) is 0 Å². The summed E-state index contributed by atoms with van der Waals surface area (Å²) in [6.45, 7) is 2.13. The van der Waals surface area contributed by atoms with E-state index >= 15 is 0 Å². The summed E-state index contributed by atoms with van der Waals surface area (Å²) in [4.78, 5) is 12.5. The van der Waals surface area contributed by atoms with Gasteiger partial charge in [-0.25, -0.2) is 4.79 Å². The van der Waals surface area contributed by atoms with E-state index in [0.29, 0.717) is 17.3 Å². The lowest BCUT2D eigenvalue weighted by molar-refractivity contribution is 0.0518. The topological polar surface area (TPSA) is 31.2 Å². The third kappa shape index (κ3) is 3.15. The minimum Gasteiger partial charge on any atom is -0.461 e.